The van der Waals surface area contributed by atoms with Crippen LogP contribution in [0.25, 0.3) is 0 Å². The number of nitrogens with two attached hydrogens (primary N) is 1. The molecule has 3 rings (SSSR count). The van der Waals surface area contributed by atoms with Crippen molar-refractivity contribution in [3.63, 3.8) is 0 Å². The summed E-state index contributed by atoms with van der Waals surface area (Å²) < 4.78 is 0. The molecule has 0 radical (unpaired) electrons. The van der Waals surface area contributed by atoms with Crippen molar-refractivity contribution in [2.75, 3.05) is 19.6 Å². The van der Waals surface area contributed by atoms with E-state index in [-0.39, 0.29) is 0 Å². The van der Waals surface area contributed by atoms with E-state index in [1.165, 1.54) is 49.9 Å². The zero-order valence-corrected chi connectivity index (χ0v) is 12.7. The molecule has 0 heterocycles. The summed E-state index contributed by atoms with van der Waals surface area (Å²) in [5, 5.41) is 0. The number of benzene rings is 1. The topological polar surface area (TPSA) is 29.3 Å². The molecule has 2 fully saturated rings. The Labute approximate surface area is 123 Å². The monoisotopic (exact) mass is 272 g/mol. The van der Waals surface area contributed by atoms with Crippen molar-refractivity contribution in [1.82, 2.24) is 4.90 Å². The van der Waals surface area contributed by atoms with Crippen molar-refractivity contribution < 1.29 is 0 Å². The SMILES string of the molecule is CCc1ccccc1C(CN)N(CC1CC1)CC1CC1. The molecule has 20 heavy (non-hydrogen) atoms. The zero-order valence-electron chi connectivity index (χ0n) is 12.7. The van der Waals surface area contributed by atoms with Crippen LogP contribution in [0.3, 0.4) is 0 Å². The summed E-state index contributed by atoms with van der Waals surface area (Å²) in [5.41, 5.74) is 9.12. The van der Waals surface area contributed by atoms with E-state index in [2.05, 4.69) is 36.1 Å². The Hall–Kier alpha value is -0.860. The lowest BCUT2D eigenvalue weighted by molar-refractivity contribution is 0.184. The third-order valence-corrected chi connectivity index (χ3v) is 4.84. The first-order valence-electron chi connectivity index (χ1n) is 8.33. The molecular formula is C18H28N2. The van der Waals surface area contributed by atoms with Gasteiger partial charge in [0.25, 0.3) is 0 Å². The Kier molecular flexibility index (Phi) is 4.42. The lowest BCUT2D eigenvalue weighted by atomic mass is 9.97. The Morgan fingerprint density at radius 1 is 1.10 bits per heavy atom. The zero-order chi connectivity index (χ0) is 13.9. The third-order valence-electron chi connectivity index (χ3n) is 4.84. The maximum atomic E-state index is 6.18. The molecule has 2 N–H and O–H groups in total. The van der Waals surface area contributed by atoms with Gasteiger partial charge < -0.3 is 5.73 Å². The molecule has 0 aliphatic heterocycles. The van der Waals surface area contributed by atoms with Crippen LogP contribution >= 0.6 is 0 Å². The maximum absolute atomic E-state index is 6.18. The predicted octanol–water partition coefficient (Wildman–Crippen LogP) is 3.37. The number of nitrogens with zero attached hydrogens (tertiary/aromatic N) is 1. The number of aryl methyl sites for hydroxylation is 1. The lowest BCUT2D eigenvalue weighted by Crippen LogP contribution is -2.37. The van der Waals surface area contributed by atoms with Crippen LogP contribution in [-0.4, -0.2) is 24.5 Å². The summed E-state index contributed by atoms with van der Waals surface area (Å²) in [6, 6.07) is 9.31. The number of hydrogen-bond donors (Lipinski definition) is 1. The lowest BCUT2D eigenvalue weighted by Gasteiger charge is -2.32. The fraction of sp³-hybridized carbons (Fsp3) is 0.667. The van der Waals surface area contributed by atoms with E-state index in [1.807, 2.05) is 0 Å². The molecular weight excluding hydrogens is 244 g/mol. The van der Waals surface area contributed by atoms with Gasteiger partial charge in [-0.15, -0.1) is 0 Å². The second-order valence-corrected chi connectivity index (χ2v) is 6.64. The van der Waals surface area contributed by atoms with Gasteiger partial charge in [-0.05, 0) is 55.1 Å². The van der Waals surface area contributed by atoms with E-state index in [4.69, 9.17) is 5.73 Å². The molecule has 110 valence electrons. The standard InChI is InChI=1S/C18H28N2/c1-2-16-5-3-4-6-17(16)18(11-19)20(12-14-7-8-14)13-15-9-10-15/h3-6,14-15,18H,2,7-13,19H2,1H3. The fourth-order valence-corrected chi connectivity index (χ4v) is 3.25. The van der Waals surface area contributed by atoms with Crippen molar-refractivity contribution >= 4 is 0 Å². The highest BCUT2D eigenvalue weighted by Crippen LogP contribution is 2.37. The molecule has 0 spiro atoms. The minimum absolute atomic E-state index is 0.423. The smallest absolute Gasteiger partial charge is 0.0473 e. The van der Waals surface area contributed by atoms with Crippen molar-refractivity contribution in [2.24, 2.45) is 17.6 Å². The molecule has 1 atom stereocenters. The van der Waals surface area contributed by atoms with E-state index < -0.39 is 0 Å². The highest BCUT2D eigenvalue weighted by molar-refractivity contribution is 5.30. The maximum Gasteiger partial charge on any atom is 0.0473 e. The van der Waals surface area contributed by atoms with E-state index >= 15 is 0 Å². The summed E-state index contributed by atoms with van der Waals surface area (Å²) in [4.78, 5) is 2.70. The molecule has 1 aromatic carbocycles. The van der Waals surface area contributed by atoms with Gasteiger partial charge >= 0.3 is 0 Å². The van der Waals surface area contributed by atoms with Crippen molar-refractivity contribution in [1.29, 1.82) is 0 Å². The van der Waals surface area contributed by atoms with Crippen molar-refractivity contribution in [3.8, 4) is 0 Å². The quantitative estimate of drug-likeness (QED) is 0.786. The van der Waals surface area contributed by atoms with Gasteiger partial charge in [-0.1, -0.05) is 31.2 Å². The van der Waals surface area contributed by atoms with E-state index in [1.54, 1.807) is 0 Å². The van der Waals surface area contributed by atoms with Crippen LogP contribution < -0.4 is 5.73 Å². The second-order valence-electron chi connectivity index (χ2n) is 6.64. The largest absolute Gasteiger partial charge is 0.329 e. The summed E-state index contributed by atoms with van der Waals surface area (Å²) >= 11 is 0. The summed E-state index contributed by atoms with van der Waals surface area (Å²) in [6.07, 6.45) is 6.80. The van der Waals surface area contributed by atoms with Gasteiger partial charge in [-0.3, -0.25) is 4.90 Å². The molecule has 1 unspecified atom stereocenters. The molecule has 0 aromatic heterocycles. The molecule has 0 saturated heterocycles. The van der Waals surface area contributed by atoms with E-state index in [0.717, 1.165) is 24.8 Å². The first-order chi connectivity index (χ1) is 9.81. The van der Waals surface area contributed by atoms with Gasteiger partial charge in [0.05, 0.1) is 0 Å². The van der Waals surface area contributed by atoms with Gasteiger partial charge in [0.15, 0.2) is 0 Å². The summed E-state index contributed by atoms with van der Waals surface area (Å²) in [7, 11) is 0. The predicted molar refractivity (Wildman–Crippen MR) is 84.6 cm³/mol. The fourth-order valence-electron chi connectivity index (χ4n) is 3.25. The number of hydrogen-bond acceptors (Lipinski definition) is 2. The molecule has 2 aliphatic rings. The van der Waals surface area contributed by atoms with Crippen LogP contribution in [0.5, 0.6) is 0 Å². The highest BCUT2D eigenvalue weighted by Gasteiger charge is 2.33. The van der Waals surface area contributed by atoms with Gasteiger partial charge in [0.2, 0.25) is 0 Å². The second kappa shape index (κ2) is 6.28. The van der Waals surface area contributed by atoms with Crippen LogP contribution in [0.1, 0.15) is 49.8 Å². The minimum Gasteiger partial charge on any atom is -0.329 e. The van der Waals surface area contributed by atoms with Crippen LogP contribution in [0.15, 0.2) is 24.3 Å². The average Bonchev–Trinajstić information content (AvgIpc) is 3.36. The van der Waals surface area contributed by atoms with Crippen molar-refractivity contribution in [3.05, 3.63) is 35.4 Å². The summed E-state index contributed by atoms with van der Waals surface area (Å²) in [5.74, 6) is 1.88. The first kappa shape index (κ1) is 14.1. The van der Waals surface area contributed by atoms with Crippen LogP contribution in [0, 0.1) is 11.8 Å². The van der Waals surface area contributed by atoms with E-state index in [0.29, 0.717) is 6.04 Å². The van der Waals surface area contributed by atoms with Crippen LogP contribution in [0.4, 0.5) is 0 Å². The van der Waals surface area contributed by atoms with Crippen LogP contribution in [0.2, 0.25) is 0 Å². The summed E-state index contributed by atoms with van der Waals surface area (Å²) in [6.45, 7) is 5.52. The molecule has 0 amide bonds. The van der Waals surface area contributed by atoms with E-state index in [9.17, 15) is 0 Å². The normalized spacial score (nSPS) is 20.4. The molecule has 2 saturated carbocycles. The highest BCUT2D eigenvalue weighted by atomic mass is 15.2. The molecule has 1 aromatic rings. The van der Waals surface area contributed by atoms with Crippen LogP contribution in [-0.2, 0) is 6.42 Å². The Bertz CT molecular complexity index is 421. The number of rotatable bonds is 8. The Morgan fingerprint density at radius 2 is 1.70 bits per heavy atom. The first-order valence-corrected chi connectivity index (χ1v) is 8.33. The molecule has 0 bridgehead atoms. The molecule has 2 aliphatic carbocycles. The van der Waals surface area contributed by atoms with Gasteiger partial charge in [0, 0.05) is 25.7 Å². The molecule has 2 heteroatoms. The van der Waals surface area contributed by atoms with Gasteiger partial charge in [0.1, 0.15) is 0 Å². The minimum atomic E-state index is 0.423. The van der Waals surface area contributed by atoms with Gasteiger partial charge in [-0.2, -0.15) is 0 Å². The van der Waals surface area contributed by atoms with Crippen molar-refractivity contribution in [2.45, 2.75) is 45.1 Å². The van der Waals surface area contributed by atoms with Gasteiger partial charge in [-0.25, -0.2) is 0 Å². The molecule has 2 nitrogen and oxygen atoms in total. The third kappa shape index (κ3) is 3.42. The Balaban J connectivity index is 1.79. The Morgan fingerprint density at radius 3 is 2.20 bits per heavy atom. The average molecular weight is 272 g/mol.